The van der Waals surface area contributed by atoms with E-state index in [-0.39, 0.29) is 44.0 Å². The van der Waals surface area contributed by atoms with Crippen molar-refractivity contribution in [1.29, 1.82) is 0 Å². The number of carbonyl (C=O) groups excluding carboxylic acids is 3. The smallest absolute Gasteiger partial charge is 0.306 e. The summed E-state index contributed by atoms with van der Waals surface area (Å²) < 4.78 is 16.7. The fraction of sp³-hybridized carbons (Fsp3) is 0.557. The lowest BCUT2D eigenvalue weighted by atomic mass is 10.1. The highest BCUT2D eigenvalue weighted by Gasteiger charge is 2.19. The third-order valence-corrected chi connectivity index (χ3v) is 10.3. The summed E-state index contributed by atoms with van der Waals surface area (Å²) in [6.07, 6.45) is 77.1. The molecular formula is C61H94O6. The maximum Gasteiger partial charge on any atom is 0.306 e. The van der Waals surface area contributed by atoms with Gasteiger partial charge in [-0.1, -0.05) is 218 Å². The van der Waals surface area contributed by atoms with Crippen LogP contribution in [-0.2, 0) is 28.6 Å². The molecule has 0 heterocycles. The average Bonchev–Trinajstić information content (AvgIpc) is 3.33. The van der Waals surface area contributed by atoms with Crippen LogP contribution in [0.5, 0.6) is 0 Å². The standard InChI is InChI=1S/C61H94O6/c1-4-7-10-13-16-19-21-23-25-27-28-29-30-31-32-34-35-37-39-42-45-48-51-54-60(63)66-57-58(56-65-59(62)53-50-47-44-41-18-15-12-9-6-3)67-61(64)55-52-49-46-43-40-38-36-33-26-24-22-20-17-14-11-8-5-2/h7-8,10-11,16-17,19-20,23-26,28-29,31-32,35-38,42-43,45-46,58H,4-6,9,12-15,18,21-22,27,30,33-34,39-41,44,47-57H2,1-3H3/b10-7-,11-8-,19-16-,20-17-,25-23-,26-24-,29-28-,32-31-,37-35-,38-36-,45-42-,46-43-. The Morgan fingerprint density at radius 1 is 0.313 bits per heavy atom. The average molecular weight is 923 g/mol. The molecule has 1 atom stereocenters. The van der Waals surface area contributed by atoms with E-state index in [1.807, 2.05) is 0 Å². The Balaban J connectivity index is 4.53. The minimum absolute atomic E-state index is 0.124. The lowest BCUT2D eigenvalue weighted by molar-refractivity contribution is -0.167. The third kappa shape index (κ3) is 52.1. The monoisotopic (exact) mass is 923 g/mol. The highest BCUT2D eigenvalue weighted by atomic mass is 16.6. The van der Waals surface area contributed by atoms with Gasteiger partial charge >= 0.3 is 17.9 Å². The van der Waals surface area contributed by atoms with Crippen LogP contribution in [0.25, 0.3) is 0 Å². The van der Waals surface area contributed by atoms with Crippen molar-refractivity contribution in [3.05, 3.63) is 146 Å². The zero-order valence-electron chi connectivity index (χ0n) is 42.6. The van der Waals surface area contributed by atoms with E-state index in [0.29, 0.717) is 19.3 Å². The number of rotatable bonds is 45. The predicted octanol–water partition coefficient (Wildman–Crippen LogP) is 17.6. The van der Waals surface area contributed by atoms with Gasteiger partial charge in [-0.05, 0) is 109 Å². The number of ether oxygens (including phenoxy) is 3. The van der Waals surface area contributed by atoms with E-state index in [2.05, 4.69) is 167 Å². The van der Waals surface area contributed by atoms with Gasteiger partial charge in [0.25, 0.3) is 0 Å². The van der Waals surface area contributed by atoms with Crippen LogP contribution in [0, 0.1) is 0 Å². The van der Waals surface area contributed by atoms with Crippen LogP contribution >= 0.6 is 0 Å². The van der Waals surface area contributed by atoms with Gasteiger partial charge in [-0.2, -0.15) is 0 Å². The van der Waals surface area contributed by atoms with Crippen molar-refractivity contribution < 1.29 is 28.6 Å². The minimum Gasteiger partial charge on any atom is -0.462 e. The number of hydrogen-bond donors (Lipinski definition) is 0. The summed E-state index contributed by atoms with van der Waals surface area (Å²) in [4.78, 5) is 37.9. The molecule has 0 bridgehead atoms. The van der Waals surface area contributed by atoms with E-state index in [0.717, 1.165) is 109 Å². The second kappa shape index (κ2) is 53.9. The Labute approximate surface area is 410 Å². The quantitative estimate of drug-likeness (QED) is 0.0262. The van der Waals surface area contributed by atoms with Crippen molar-refractivity contribution in [3.63, 3.8) is 0 Å². The molecule has 0 saturated heterocycles. The van der Waals surface area contributed by atoms with Crippen molar-refractivity contribution in [2.75, 3.05) is 13.2 Å². The fourth-order valence-corrected chi connectivity index (χ4v) is 6.46. The van der Waals surface area contributed by atoms with Crippen molar-refractivity contribution in [3.8, 4) is 0 Å². The van der Waals surface area contributed by atoms with Crippen LogP contribution in [0.3, 0.4) is 0 Å². The highest BCUT2D eigenvalue weighted by molar-refractivity contribution is 5.71. The first-order valence-corrected chi connectivity index (χ1v) is 26.3. The van der Waals surface area contributed by atoms with Gasteiger partial charge < -0.3 is 14.2 Å². The van der Waals surface area contributed by atoms with Crippen molar-refractivity contribution >= 4 is 17.9 Å². The maximum atomic E-state index is 12.8. The van der Waals surface area contributed by atoms with Crippen LogP contribution < -0.4 is 0 Å². The Morgan fingerprint density at radius 3 is 0.910 bits per heavy atom. The first-order valence-electron chi connectivity index (χ1n) is 26.3. The van der Waals surface area contributed by atoms with E-state index in [1.54, 1.807) is 0 Å². The fourth-order valence-electron chi connectivity index (χ4n) is 6.46. The van der Waals surface area contributed by atoms with Crippen molar-refractivity contribution in [2.24, 2.45) is 0 Å². The molecule has 0 aliphatic heterocycles. The number of hydrogen-bond acceptors (Lipinski definition) is 6. The molecule has 0 amide bonds. The number of unbranched alkanes of at least 4 members (excludes halogenated alkanes) is 10. The molecule has 67 heavy (non-hydrogen) atoms. The first-order chi connectivity index (χ1) is 33.0. The third-order valence-electron chi connectivity index (χ3n) is 10.3. The van der Waals surface area contributed by atoms with Crippen molar-refractivity contribution in [1.82, 2.24) is 0 Å². The van der Waals surface area contributed by atoms with E-state index >= 15 is 0 Å². The largest absolute Gasteiger partial charge is 0.462 e. The van der Waals surface area contributed by atoms with Gasteiger partial charge in [-0.15, -0.1) is 0 Å². The molecule has 0 aromatic rings. The number of carbonyl (C=O) groups is 3. The normalized spacial score (nSPS) is 13.3. The second-order valence-electron chi connectivity index (χ2n) is 16.7. The van der Waals surface area contributed by atoms with Gasteiger partial charge in [0.2, 0.25) is 0 Å². The Kier molecular flexibility index (Phi) is 50.1. The molecule has 1 unspecified atom stereocenters. The van der Waals surface area contributed by atoms with Crippen molar-refractivity contribution in [2.45, 2.75) is 207 Å². The van der Waals surface area contributed by atoms with E-state index < -0.39 is 6.10 Å². The predicted molar refractivity (Wildman–Crippen MR) is 288 cm³/mol. The molecule has 0 aliphatic carbocycles. The lowest BCUT2D eigenvalue weighted by Gasteiger charge is -2.18. The molecule has 0 fully saturated rings. The van der Waals surface area contributed by atoms with Crippen LogP contribution in [0.2, 0.25) is 0 Å². The Morgan fingerprint density at radius 2 is 0.582 bits per heavy atom. The molecule has 6 nitrogen and oxygen atoms in total. The zero-order chi connectivity index (χ0) is 48.6. The first kappa shape index (κ1) is 62.3. The molecule has 0 aromatic heterocycles. The maximum absolute atomic E-state index is 12.8. The van der Waals surface area contributed by atoms with Gasteiger partial charge in [0.15, 0.2) is 6.10 Å². The molecule has 374 valence electrons. The van der Waals surface area contributed by atoms with E-state index in [4.69, 9.17) is 14.2 Å². The van der Waals surface area contributed by atoms with Crippen LogP contribution in [0.4, 0.5) is 0 Å². The topological polar surface area (TPSA) is 78.9 Å². The summed E-state index contributed by atoms with van der Waals surface area (Å²) in [5.74, 6) is -1.06. The summed E-state index contributed by atoms with van der Waals surface area (Å²) in [7, 11) is 0. The summed E-state index contributed by atoms with van der Waals surface area (Å²) in [5.41, 5.74) is 0. The molecule has 0 radical (unpaired) electrons. The Hall–Kier alpha value is -4.71. The summed E-state index contributed by atoms with van der Waals surface area (Å²) >= 11 is 0. The van der Waals surface area contributed by atoms with E-state index in [1.165, 1.54) is 38.5 Å². The molecule has 0 saturated carbocycles. The number of esters is 3. The summed E-state index contributed by atoms with van der Waals surface area (Å²) in [5, 5.41) is 0. The lowest BCUT2D eigenvalue weighted by Crippen LogP contribution is -2.30. The highest BCUT2D eigenvalue weighted by Crippen LogP contribution is 2.12. The van der Waals surface area contributed by atoms with Gasteiger partial charge in [-0.25, -0.2) is 0 Å². The van der Waals surface area contributed by atoms with Gasteiger partial charge in [0.05, 0.1) is 0 Å². The Bertz CT molecular complexity index is 1530. The summed E-state index contributed by atoms with van der Waals surface area (Å²) in [6.45, 7) is 6.27. The van der Waals surface area contributed by atoms with Crippen LogP contribution in [-0.4, -0.2) is 37.2 Å². The van der Waals surface area contributed by atoms with Crippen LogP contribution in [0.1, 0.15) is 201 Å². The zero-order valence-corrected chi connectivity index (χ0v) is 42.6. The number of allylic oxidation sites excluding steroid dienone is 24. The van der Waals surface area contributed by atoms with Gasteiger partial charge in [0.1, 0.15) is 13.2 Å². The minimum atomic E-state index is -0.835. The molecule has 0 spiro atoms. The van der Waals surface area contributed by atoms with Crippen LogP contribution in [0.15, 0.2) is 146 Å². The molecular weight excluding hydrogens is 829 g/mol. The molecule has 0 aromatic carbocycles. The second-order valence-corrected chi connectivity index (χ2v) is 16.7. The summed E-state index contributed by atoms with van der Waals surface area (Å²) in [6, 6.07) is 0. The molecule has 0 rings (SSSR count). The van der Waals surface area contributed by atoms with Gasteiger partial charge in [0, 0.05) is 19.3 Å². The SMILES string of the molecule is CC/C=C\C/C=C\C/C=C\C/C=C\C/C=C\C/C=C\C/C=C\CCCC(=O)OCC(COC(=O)CCCCCCCCCCC)OC(=O)CCC/C=C\C/C=C\C/C=C\C/C=C\C/C=C\CC. The van der Waals surface area contributed by atoms with Gasteiger partial charge in [-0.3, -0.25) is 14.4 Å². The van der Waals surface area contributed by atoms with E-state index in [9.17, 15) is 14.4 Å². The molecule has 0 N–H and O–H groups in total. The molecule has 6 heteroatoms. The molecule has 0 aliphatic rings.